The predicted octanol–water partition coefficient (Wildman–Crippen LogP) is 2.46. The number of rotatable bonds is 7. The fraction of sp³-hybridized carbons (Fsp3) is 0.500. The number of carbonyl (C=O) groups is 1. The van der Waals surface area contributed by atoms with Gasteiger partial charge in [0.05, 0.1) is 0 Å². The molecule has 94 valence electrons. The van der Waals surface area contributed by atoms with Crippen LogP contribution in [0, 0.1) is 0 Å². The van der Waals surface area contributed by atoms with Crippen LogP contribution in [0.25, 0.3) is 0 Å². The van der Waals surface area contributed by atoms with Crippen molar-refractivity contribution in [1.29, 1.82) is 0 Å². The van der Waals surface area contributed by atoms with Crippen molar-refractivity contribution in [3.05, 3.63) is 35.9 Å². The SMILES string of the molecule is CCCNC(C)(CCc1ccccc1)C(=O)O. The lowest BCUT2D eigenvalue weighted by Crippen LogP contribution is -2.50. The zero-order chi connectivity index (χ0) is 12.7. The van der Waals surface area contributed by atoms with E-state index in [1.165, 1.54) is 5.56 Å². The molecule has 17 heavy (non-hydrogen) atoms. The van der Waals surface area contributed by atoms with Gasteiger partial charge in [-0.2, -0.15) is 0 Å². The summed E-state index contributed by atoms with van der Waals surface area (Å²) in [6, 6.07) is 9.99. The molecule has 3 nitrogen and oxygen atoms in total. The number of carboxylic acids is 1. The summed E-state index contributed by atoms with van der Waals surface area (Å²) in [7, 11) is 0. The highest BCUT2D eigenvalue weighted by Crippen LogP contribution is 2.14. The van der Waals surface area contributed by atoms with Crippen molar-refractivity contribution in [2.45, 2.75) is 38.6 Å². The molecule has 0 amide bonds. The van der Waals surface area contributed by atoms with Gasteiger partial charge < -0.3 is 10.4 Å². The minimum Gasteiger partial charge on any atom is -0.480 e. The average Bonchev–Trinajstić information content (AvgIpc) is 2.35. The standard InChI is InChI=1S/C14H21NO2/c1-3-11-15-14(2,13(16)17)10-9-12-7-5-4-6-8-12/h4-8,15H,3,9-11H2,1-2H3,(H,16,17). The maximum Gasteiger partial charge on any atom is 0.323 e. The Morgan fingerprint density at radius 2 is 2.00 bits per heavy atom. The zero-order valence-corrected chi connectivity index (χ0v) is 10.6. The van der Waals surface area contributed by atoms with E-state index in [1.54, 1.807) is 6.92 Å². The van der Waals surface area contributed by atoms with Crippen LogP contribution in [0.5, 0.6) is 0 Å². The molecule has 1 atom stereocenters. The molecular formula is C14H21NO2. The van der Waals surface area contributed by atoms with Crippen LogP contribution in [0.2, 0.25) is 0 Å². The first-order chi connectivity index (χ1) is 8.08. The lowest BCUT2D eigenvalue weighted by molar-refractivity contribution is -0.144. The minimum absolute atomic E-state index is 0.604. The second-order valence-electron chi connectivity index (χ2n) is 4.55. The van der Waals surface area contributed by atoms with E-state index in [1.807, 2.05) is 37.3 Å². The molecule has 0 bridgehead atoms. The average molecular weight is 235 g/mol. The van der Waals surface area contributed by atoms with Gasteiger partial charge in [-0.25, -0.2) is 0 Å². The largest absolute Gasteiger partial charge is 0.480 e. The van der Waals surface area contributed by atoms with Gasteiger partial charge in [-0.15, -0.1) is 0 Å². The molecule has 1 unspecified atom stereocenters. The molecule has 0 heterocycles. The number of carboxylic acid groups (broad SMARTS) is 1. The Balaban J connectivity index is 2.58. The Morgan fingerprint density at radius 1 is 1.35 bits per heavy atom. The molecule has 1 aromatic rings. The fourth-order valence-corrected chi connectivity index (χ4v) is 1.71. The number of hydrogen-bond acceptors (Lipinski definition) is 2. The second kappa shape index (κ2) is 6.40. The molecule has 0 aliphatic rings. The van der Waals surface area contributed by atoms with Crippen molar-refractivity contribution in [1.82, 2.24) is 5.32 Å². The van der Waals surface area contributed by atoms with Gasteiger partial charge in [-0.3, -0.25) is 4.79 Å². The van der Waals surface area contributed by atoms with Crippen molar-refractivity contribution in [2.24, 2.45) is 0 Å². The molecule has 1 rings (SSSR count). The van der Waals surface area contributed by atoms with Crippen molar-refractivity contribution < 1.29 is 9.90 Å². The fourth-order valence-electron chi connectivity index (χ4n) is 1.71. The molecule has 0 spiro atoms. The molecule has 0 aliphatic carbocycles. The van der Waals surface area contributed by atoms with Crippen LogP contribution in [0.15, 0.2) is 30.3 Å². The highest BCUT2D eigenvalue weighted by molar-refractivity contribution is 5.78. The number of hydrogen-bond donors (Lipinski definition) is 2. The second-order valence-corrected chi connectivity index (χ2v) is 4.55. The molecule has 0 saturated heterocycles. The van der Waals surface area contributed by atoms with Gasteiger partial charge in [0.25, 0.3) is 0 Å². The summed E-state index contributed by atoms with van der Waals surface area (Å²) in [4.78, 5) is 11.3. The van der Waals surface area contributed by atoms with E-state index in [0.717, 1.165) is 19.4 Å². The van der Waals surface area contributed by atoms with Crippen molar-refractivity contribution in [3.8, 4) is 0 Å². The topological polar surface area (TPSA) is 49.3 Å². The van der Waals surface area contributed by atoms with E-state index in [-0.39, 0.29) is 0 Å². The Labute approximate surface area is 103 Å². The summed E-state index contributed by atoms with van der Waals surface area (Å²) in [6.07, 6.45) is 2.32. The van der Waals surface area contributed by atoms with Gasteiger partial charge in [-0.05, 0) is 38.3 Å². The van der Waals surface area contributed by atoms with Crippen LogP contribution >= 0.6 is 0 Å². The van der Waals surface area contributed by atoms with Crippen LogP contribution in [-0.4, -0.2) is 23.2 Å². The van der Waals surface area contributed by atoms with Crippen molar-refractivity contribution >= 4 is 5.97 Å². The summed E-state index contributed by atoms with van der Waals surface area (Å²) >= 11 is 0. The van der Waals surface area contributed by atoms with E-state index in [9.17, 15) is 9.90 Å². The van der Waals surface area contributed by atoms with E-state index >= 15 is 0 Å². The lowest BCUT2D eigenvalue weighted by atomic mass is 9.93. The summed E-state index contributed by atoms with van der Waals surface area (Å²) in [5.74, 6) is -0.776. The monoisotopic (exact) mass is 235 g/mol. The first-order valence-electron chi connectivity index (χ1n) is 6.11. The molecular weight excluding hydrogens is 214 g/mol. The highest BCUT2D eigenvalue weighted by Gasteiger charge is 2.31. The lowest BCUT2D eigenvalue weighted by Gasteiger charge is -2.26. The molecule has 0 aromatic heterocycles. The quantitative estimate of drug-likeness (QED) is 0.763. The van der Waals surface area contributed by atoms with Gasteiger partial charge in [0.15, 0.2) is 0 Å². The van der Waals surface area contributed by atoms with Gasteiger partial charge in [0, 0.05) is 0 Å². The van der Waals surface area contributed by atoms with Gasteiger partial charge in [-0.1, -0.05) is 37.3 Å². The maximum atomic E-state index is 11.3. The van der Waals surface area contributed by atoms with Crippen molar-refractivity contribution in [2.75, 3.05) is 6.54 Å². The third-order valence-electron chi connectivity index (χ3n) is 2.99. The van der Waals surface area contributed by atoms with Crippen LogP contribution in [-0.2, 0) is 11.2 Å². The summed E-state index contributed by atoms with van der Waals surface area (Å²) in [5, 5.41) is 12.4. The molecule has 2 N–H and O–H groups in total. The Kier molecular flexibility index (Phi) is 5.16. The molecule has 0 aliphatic heterocycles. The third kappa shape index (κ3) is 4.19. The van der Waals surface area contributed by atoms with E-state index in [4.69, 9.17) is 0 Å². The number of benzene rings is 1. The zero-order valence-electron chi connectivity index (χ0n) is 10.6. The highest BCUT2D eigenvalue weighted by atomic mass is 16.4. The Morgan fingerprint density at radius 3 is 2.53 bits per heavy atom. The molecule has 0 saturated carbocycles. The van der Waals surface area contributed by atoms with Crippen LogP contribution < -0.4 is 5.32 Å². The van der Waals surface area contributed by atoms with Gasteiger partial charge in [0.1, 0.15) is 5.54 Å². The molecule has 3 heteroatoms. The van der Waals surface area contributed by atoms with E-state index in [0.29, 0.717) is 6.42 Å². The van der Waals surface area contributed by atoms with Crippen LogP contribution in [0.1, 0.15) is 32.3 Å². The van der Waals surface area contributed by atoms with Crippen molar-refractivity contribution in [3.63, 3.8) is 0 Å². The maximum absolute atomic E-state index is 11.3. The normalized spacial score (nSPS) is 14.2. The molecule has 0 radical (unpaired) electrons. The molecule has 1 aromatic carbocycles. The first kappa shape index (κ1) is 13.7. The number of aliphatic carboxylic acids is 1. The summed E-state index contributed by atoms with van der Waals surface area (Å²) in [5.41, 5.74) is 0.351. The van der Waals surface area contributed by atoms with Gasteiger partial charge in [0.2, 0.25) is 0 Å². The Hall–Kier alpha value is -1.35. The van der Waals surface area contributed by atoms with Gasteiger partial charge >= 0.3 is 5.97 Å². The predicted molar refractivity (Wildman–Crippen MR) is 69.1 cm³/mol. The number of nitrogens with one attached hydrogen (secondary N) is 1. The molecule has 0 fully saturated rings. The van der Waals surface area contributed by atoms with Crippen LogP contribution in [0.4, 0.5) is 0 Å². The van der Waals surface area contributed by atoms with E-state index < -0.39 is 11.5 Å². The Bertz CT molecular complexity index is 350. The number of aryl methyl sites for hydroxylation is 1. The summed E-state index contributed by atoms with van der Waals surface area (Å²) < 4.78 is 0. The third-order valence-corrected chi connectivity index (χ3v) is 2.99. The van der Waals surface area contributed by atoms with Crippen LogP contribution in [0.3, 0.4) is 0 Å². The minimum atomic E-state index is -0.828. The smallest absolute Gasteiger partial charge is 0.323 e. The van der Waals surface area contributed by atoms with E-state index in [2.05, 4.69) is 5.32 Å². The summed E-state index contributed by atoms with van der Waals surface area (Å²) in [6.45, 7) is 4.53. The first-order valence-corrected chi connectivity index (χ1v) is 6.11.